The molecule has 0 aromatic heterocycles. The van der Waals surface area contributed by atoms with Crippen LogP contribution in [0, 0.1) is 11.6 Å². The molecule has 4 nitrogen and oxygen atoms in total. The maximum atomic E-state index is 13.5. The van der Waals surface area contributed by atoms with Gasteiger partial charge in [-0.05, 0) is 19.1 Å². The van der Waals surface area contributed by atoms with Crippen molar-refractivity contribution < 1.29 is 28.2 Å². The largest absolute Gasteiger partial charge is 0.496 e. The summed E-state index contributed by atoms with van der Waals surface area (Å²) >= 11 is 0. The van der Waals surface area contributed by atoms with Gasteiger partial charge in [0.25, 0.3) is 0 Å². The minimum Gasteiger partial charge on any atom is -0.496 e. The Morgan fingerprint density at radius 3 is 2.65 bits per heavy atom. The molecule has 1 N–H and O–H groups in total. The number of ether oxygens (including phenoxy) is 2. The number of carbonyl (C=O) groups excluding carboxylic acids is 1. The Balaban J connectivity index is 3.19. The summed E-state index contributed by atoms with van der Waals surface area (Å²) < 4.78 is 35.8. The average molecular weight is 246 g/mol. The smallest absolute Gasteiger partial charge is 0.339 e. The van der Waals surface area contributed by atoms with Gasteiger partial charge in [0, 0.05) is 0 Å². The molecule has 0 saturated carbocycles. The molecular weight excluding hydrogens is 234 g/mol. The molecule has 1 rings (SSSR count). The lowest BCUT2D eigenvalue weighted by Crippen LogP contribution is -2.18. The van der Waals surface area contributed by atoms with E-state index >= 15 is 0 Å². The van der Waals surface area contributed by atoms with Crippen molar-refractivity contribution in [3.63, 3.8) is 0 Å². The van der Waals surface area contributed by atoms with E-state index in [0.717, 1.165) is 12.1 Å². The number of aliphatic hydroxyl groups is 1. The quantitative estimate of drug-likeness (QED) is 0.819. The molecule has 0 aliphatic heterocycles. The summed E-state index contributed by atoms with van der Waals surface area (Å²) in [5.41, 5.74) is -0.564. The SMILES string of the molecule is CCOC(=O)C(O)c1c(OC)ccc(F)c1F. The van der Waals surface area contributed by atoms with E-state index in [4.69, 9.17) is 4.74 Å². The van der Waals surface area contributed by atoms with Crippen LogP contribution >= 0.6 is 0 Å². The second-order valence-electron chi connectivity index (χ2n) is 3.13. The van der Waals surface area contributed by atoms with Gasteiger partial charge < -0.3 is 14.6 Å². The molecule has 0 radical (unpaired) electrons. The molecule has 1 aromatic rings. The van der Waals surface area contributed by atoms with Crippen molar-refractivity contribution in [3.8, 4) is 5.75 Å². The van der Waals surface area contributed by atoms with Crippen LogP contribution in [0.2, 0.25) is 0 Å². The van der Waals surface area contributed by atoms with Crippen LogP contribution in [0.5, 0.6) is 5.75 Å². The number of hydrogen-bond acceptors (Lipinski definition) is 4. The number of benzene rings is 1. The highest BCUT2D eigenvalue weighted by Gasteiger charge is 2.28. The number of halogens is 2. The number of esters is 1. The molecule has 94 valence electrons. The Kier molecular flexibility index (Phi) is 4.39. The van der Waals surface area contributed by atoms with E-state index in [1.807, 2.05) is 0 Å². The van der Waals surface area contributed by atoms with Crippen molar-refractivity contribution in [3.05, 3.63) is 29.3 Å². The van der Waals surface area contributed by atoms with Gasteiger partial charge in [0.2, 0.25) is 0 Å². The molecule has 0 aliphatic carbocycles. The lowest BCUT2D eigenvalue weighted by atomic mass is 10.1. The molecule has 6 heteroatoms. The number of carbonyl (C=O) groups is 1. The van der Waals surface area contributed by atoms with E-state index < -0.39 is 29.3 Å². The first-order valence-electron chi connectivity index (χ1n) is 4.89. The monoisotopic (exact) mass is 246 g/mol. The highest BCUT2D eigenvalue weighted by molar-refractivity contribution is 5.77. The fourth-order valence-corrected chi connectivity index (χ4v) is 1.32. The molecule has 0 amide bonds. The normalized spacial score (nSPS) is 12.1. The third-order valence-electron chi connectivity index (χ3n) is 2.10. The Hall–Kier alpha value is -1.69. The van der Waals surface area contributed by atoms with Crippen LogP contribution in [0.15, 0.2) is 12.1 Å². The van der Waals surface area contributed by atoms with Gasteiger partial charge >= 0.3 is 5.97 Å². The number of aliphatic hydroxyl groups excluding tert-OH is 1. The maximum Gasteiger partial charge on any atom is 0.339 e. The molecule has 1 unspecified atom stereocenters. The predicted octanol–water partition coefficient (Wildman–Crippen LogP) is 1.57. The van der Waals surface area contributed by atoms with E-state index in [1.165, 1.54) is 14.0 Å². The fourth-order valence-electron chi connectivity index (χ4n) is 1.32. The molecular formula is C11H12F2O4. The fraction of sp³-hybridized carbons (Fsp3) is 0.364. The van der Waals surface area contributed by atoms with Gasteiger partial charge in [-0.1, -0.05) is 0 Å². The Labute approximate surface area is 96.8 Å². The first kappa shape index (κ1) is 13.4. The van der Waals surface area contributed by atoms with E-state index in [9.17, 15) is 18.7 Å². The maximum absolute atomic E-state index is 13.5. The molecule has 0 bridgehead atoms. The average Bonchev–Trinajstić information content (AvgIpc) is 2.32. The van der Waals surface area contributed by atoms with Crippen molar-refractivity contribution in [1.82, 2.24) is 0 Å². The van der Waals surface area contributed by atoms with E-state index in [1.54, 1.807) is 0 Å². The minimum absolute atomic E-state index is 0.0230. The highest BCUT2D eigenvalue weighted by atomic mass is 19.2. The summed E-state index contributed by atoms with van der Waals surface area (Å²) in [4.78, 5) is 11.3. The van der Waals surface area contributed by atoms with Gasteiger partial charge in [0.15, 0.2) is 17.7 Å². The van der Waals surface area contributed by atoms with Crippen LogP contribution in [0.3, 0.4) is 0 Å². The topological polar surface area (TPSA) is 55.8 Å². The summed E-state index contributed by atoms with van der Waals surface area (Å²) in [6.07, 6.45) is -1.92. The van der Waals surface area contributed by atoms with Gasteiger partial charge in [0.05, 0.1) is 19.3 Å². The second kappa shape index (κ2) is 5.58. The molecule has 0 saturated heterocycles. The lowest BCUT2D eigenvalue weighted by molar-refractivity contribution is -0.153. The van der Waals surface area contributed by atoms with Gasteiger partial charge in [-0.2, -0.15) is 0 Å². The molecule has 17 heavy (non-hydrogen) atoms. The summed E-state index contributed by atoms with van der Waals surface area (Å²) in [5, 5.41) is 9.58. The van der Waals surface area contributed by atoms with Crippen molar-refractivity contribution in [2.24, 2.45) is 0 Å². The van der Waals surface area contributed by atoms with E-state index in [-0.39, 0.29) is 12.4 Å². The van der Waals surface area contributed by atoms with Crippen LogP contribution in [-0.4, -0.2) is 24.8 Å². The first-order valence-corrected chi connectivity index (χ1v) is 4.89. The van der Waals surface area contributed by atoms with E-state index in [0.29, 0.717) is 0 Å². The Morgan fingerprint density at radius 2 is 2.12 bits per heavy atom. The van der Waals surface area contributed by atoms with Crippen LogP contribution < -0.4 is 4.74 Å². The zero-order valence-corrected chi connectivity index (χ0v) is 9.37. The molecule has 1 aromatic carbocycles. The Morgan fingerprint density at radius 1 is 1.47 bits per heavy atom. The summed E-state index contributed by atoms with van der Waals surface area (Å²) in [5.74, 6) is -3.69. The molecule has 0 spiro atoms. The second-order valence-corrected chi connectivity index (χ2v) is 3.13. The van der Waals surface area contributed by atoms with Crippen molar-refractivity contribution in [2.45, 2.75) is 13.0 Å². The zero-order chi connectivity index (χ0) is 13.0. The Bertz CT molecular complexity index is 420. The lowest BCUT2D eigenvalue weighted by Gasteiger charge is -2.14. The summed E-state index contributed by atoms with van der Waals surface area (Å²) in [6.45, 7) is 1.55. The van der Waals surface area contributed by atoms with Crippen LogP contribution in [0.1, 0.15) is 18.6 Å². The molecule has 1 atom stereocenters. The number of rotatable bonds is 4. The van der Waals surface area contributed by atoms with Gasteiger partial charge in [-0.25, -0.2) is 13.6 Å². The molecule has 0 heterocycles. The first-order chi connectivity index (χ1) is 8.02. The molecule has 0 fully saturated rings. The van der Waals surface area contributed by atoms with Gasteiger partial charge in [-0.15, -0.1) is 0 Å². The minimum atomic E-state index is -1.92. The zero-order valence-electron chi connectivity index (χ0n) is 9.37. The third kappa shape index (κ3) is 2.71. The van der Waals surface area contributed by atoms with Crippen LogP contribution in [0.25, 0.3) is 0 Å². The third-order valence-corrected chi connectivity index (χ3v) is 2.10. The number of methoxy groups -OCH3 is 1. The van der Waals surface area contributed by atoms with Crippen molar-refractivity contribution >= 4 is 5.97 Å². The summed E-state index contributed by atoms with van der Waals surface area (Å²) in [7, 11) is 1.22. The van der Waals surface area contributed by atoms with Gasteiger partial charge in [0.1, 0.15) is 5.75 Å². The van der Waals surface area contributed by atoms with Crippen molar-refractivity contribution in [1.29, 1.82) is 0 Å². The summed E-state index contributed by atoms with van der Waals surface area (Å²) in [6, 6.07) is 1.96. The predicted molar refractivity (Wildman–Crippen MR) is 54.5 cm³/mol. The van der Waals surface area contributed by atoms with Crippen LogP contribution in [0.4, 0.5) is 8.78 Å². The van der Waals surface area contributed by atoms with E-state index in [2.05, 4.69) is 4.74 Å². The van der Waals surface area contributed by atoms with Crippen molar-refractivity contribution in [2.75, 3.05) is 13.7 Å². The molecule has 0 aliphatic rings. The standard InChI is InChI=1S/C11H12F2O4/c1-3-17-11(15)10(14)8-7(16-2)5-4-6(12)9(8)13/h4-5,10,14H,3H2,1-2H3. The highest BCUT2D eigenvalue weighted by Crippen LogP contribution is 2.30. The number of hydrogen-bond donors (Lipinski definition) is 1. The van der Waals surface area contributed by atoms with Crippen LogP contribution in [-0.2, 0) is 9.53 Å². The van der Waals surface area contributed by atoms with Gasteiger partial charge in [-0.3, -0.25) is 0 Å².